The summed E-state index contributed by atoms with van der Waals surface area (Å²) in [6.07, 6.45) is 2.79. The fraction of sp³-hybridized carbons (Fsp3) is 0.385. The molecule has 1 unspecified atom stereocenters. The van der Waals surface area contributed by atoms with E-state index in [-0.39, 0.29) is 5.56 Å². The number of fused-ring (bicyclic) bond motifs is 1. The molecule has 0 bridgehead atoms. The van der Waals surface area contributed by atoms with Gasteiger partial charge >= 0.3 is 0 Å². The van der Waals surface area contributed by atoms with Gasteiger partial charge in [-0.15, -0.1) is 0 Å². The number of hydrogen-bond acceptors (Lipinski definition) is 3. The van der Waals surface area contributed by atoms with Crippen LogP contribution in [0.1, 0.15) is 26.0 Å². The van der Waals surface area contributed by atoms with E-state index in [0.717, 1.165) is 12.1 Å². The highest BCUT2D eigenvalue weighted by Crippen LogP contribution is 1.99. The Labute approximate surface area is 100 Å². The number of nitrogens with one attached hydrogen (secondary N) is 1. The Hall–Kier alpha value is -1.68. The molecule has 4 nitrogen and oxygen atoms in total. The monoisotopic (exact) mass is 231 g/mol. The first-order chi connectivity index (χ1) is 8.20. The van der Waals surface area contributed by atoms with Gasteiger partial charge in [-0.05, 0) is 25.5 Å². The molecule has 1 N–H and O–H groups in total. The van der Waals surface area contributed by atoms with Crippen molar-refractivity contribution < 1.29 is 0 Å². The minimum absolute atomic E-state index is 0.0310. The SMILES string of the molecule is CCC(C)NCc1cc(=O)n2ccccc2n1. The van der Waals surface area contributed by atoms with Crippen molar-refractivity contribution in [3.8, 4) is 0 Å². The molecule has 2 aromatic heterocycles. The van der Waals surface area contributed by atoms with Crippen LogP contribution in [0.2, 0.25) is 0 Å². The van der Waals surface area contributed by atoms with Crippen LogP contribution in [0.4, 0.5) is 0 Å². The third kappa shape index (κ3) is 2.71. The predicted octanol–water partition coefficient (Wildman–Crippen LogP) is 1.58. The number of pyridine rings is 1. The predicted molar refractivity (Wildman–Crippen MR) is 68.1 cm³/mol. The molecular weight excluding hydrogens is 214 g/mol. The van der Waals surface area contributed by atoms with Gasteiger partial charge in [0.25, 0.3) is 5.56 Å². The first kappa shape index (κ1) is 11.8. The zero-order valence-corrected chi connectivity index (χ0v) is 10.2. The average Bonchev–Trinajstić information content (AvgIpc) is 2.36. The van der Waals surface area contributed by atoms with Crippen LogP contribution in [0.25, 0.3) is 5.65 Å². The minimum atomic E-state index is -0.0310. The Bertz CT molecular complexity index is 562. The van der Waals surface area contributed by atoms with Crippen LogP contribution < -0.4 is 10.9 Å². The van der Waals surface area contributed by atoms with Gasteiger partial charge in [0.05, 0.1) is 5.69 Å². The molecule has 0 fully saturated rings. The Balaban J connectivity index is 2.28. The van der Waals surface area contributed by atoms with Crippen LogP contribution in [-0.4, -0.2) is 15.4 Å². The normalized spacial score (nSPS) is 12.8. The highest BCUT2D eigenvalue weighted by Gasteiger charge is 2.03. The molecule has 90 valence electrons. The lowest BCUT2D eigenvalue weighted by molar-refractivity contribution is 0.529. The number of rotatable bonds is 4. The Morgan fingerprint density at radius 1 is 1.47 bits per heavy atom. The van der Waals surface area contributed by atoms with Crippen LogP contribution in [0, 0.1) is 0 Å². The molecule has 1 atom stereocenters. The lowest BCUT2D eigenvalue weighted by Crippen LogP contribution is -2.26. The molecule has 0 saturated heterocycles. The lowest BCUT2D eigenvalue weighted by atomic mass is 10.2. The fourth-order valence-electron chi connectivity index (χ4n) is 1.62. The quantitative estimate of drug-likeness (QED) is 0.869. The van der Waals surface area contributed by atoms with Gasteiger partial charge in [-0.25, -0.2) is 4.98 Å². The maximum absolute atomic E-state index is 11.8. The summed E-state index contributed by atoms with van der Waals surface area (Å²) >= 11 is 0. The van der Waals surface area contributed by atoms with Crippen molar-refractivity contribution in [3.63, 3.8) is 0 Å². The molecule has 4 heteroatoms. The van der Waals surface area contributed by atoms with Crippen LogP contribution >= 0.6 is 0 Å². The maximum Gasteiger partial charge on any atom is 0.258 e. The first-order valence-corrected chi connectivity index (χ1v) is 5.91. The molecule has 0 aliphatic heterocycles. The minimum Gasteiger partial charge on any atom is -0.309 e. The molecule has 0 radical (unpaired) electrons. The van der Waals surface area contributed by atoms with Gasteiger partial charge in [0, 0.05) is 24.8 Å². The molecular formula is C13H17N3O. The van der Waals surface area contributed by atoms with E-state index in [9.17, 15) is 4.79 Å². The van der Waals surface area contributed by atoms with Gasteiger partial charge < -0.3 is 5.32 Å². The summed E-state index contributed by atoms with van der Waals surface area (Å²) < 4.78 is 1.55. The van der Waals surface area contributed by atoms with Crippen molar-refractivity contribution in [2.45, 2.75) is 32.9 Å². The summed E-state index contributed by atoms with van der Waals surface area (Å²) in [5.41, 5.74) is 1.46. The summed E-state index contributed by atoms with van der Waals surface area (Å²) in [7, 11) is 0. The fourth-order valence-corrected chi connectivity index (χ4v) is 1.62. The van der Waals surface area contributed by atoms with Crippen molar-refractivity contribution >= 4 is 5.65 Å². The van der Waals surface area contributed by atoms with Crippen LogP contribution in [-0.2, 0) is 6.54 Å². The molecule has 0 amide bonds. The number of hydrogen-bond donors (Lipinski definition) is 1. The largest absolute Gasteiger partial charge is 0.309 e. The van der Waals surface area contributed by atoms with E-state index < -0.39 is 0 Å². The third-order valence-electron chi connectivity index (χ3n) is 2.87. The smallest absolute Gasteiger partial charge is 0.258 e. The van der Waals surface area contributed by atoms with Gasteiger partial charge in [0.2, 0.25) is 0 Å². The second kappa shape index (κ2) is 5.10. The zero-order valence-electron chi connectivity index (χ0n) is 10.2. The maximum atomic E-state index is 11.8. The average molecular weight is 231 g/mol. The van der Waals surface area contributed by atoms with Crippen LogP contribution in [0.5, 0.6) is 0 Å². The van der Waals surface area contributed by atoms with Crippen molar-refractivity contribution in [2.24, 2.45) is 0 Å². The third-order valence-corrected chi connectivity index (χ3v) is 2.87. The molecule has 0 saturated carbocycles. The summed E-state index contributed by atoms with van der Waals surface area (Å²) in [5.74, 6) is 0. The van der Waals surface area contributed by atoms with E-state index in [1.807, 2.05) is 18.2 Å². The standard InChI is InChI=1S/C13H17N3O/c1-3-10(2)14-9-11-8-13(17)16-7-5-4-6-12(16)15-11/h4-8,10,14H,3,9H2,1-2H3. The van der Waals surface area contributed by atoms with Crippen LogP contribution in [0.3, 0.4) is 0 Å². The molecule has 0 spiro atoms. The first-order valence-electron chi connectivity index (χ1n) is 5.91. The Kier molecular flexibility index (Phi) is 3.54. The number of aromatic nitrogens is 2. The second-order valence-corrected chi connectivity index (χ2v) is 4.20. The zero-order chi connectivity index (χ0) is 12.3. The summed E-state index contributed by atoms with van der Waals surface area (Å²) in [5, 5.41) is 3.33. The molecule has 2 rings (SSSR count). The Morgan fingerprint density at radius 2 is 2.29 bits per heavy atom. The summed E-state index contributed by atoms with van der Waals surface area (Å²) in [4.78, 5) is 16.3. The van der Waals surface area contributed by atoms with E-state index in [1.54, 1.807) is 16.7 Å². The van der Waals surface area contributed by atoms with E-state index in [2.05, 4.69) is 24.1 Å². The van der Waals surface area contributed by atoms with Crippen molar-refractivity contribution in [1.82, 2.24) is 14.7 Å². The van der Waals surface area contributed by atoms with Gasteiger partial charge in [0.15, 0.2) is 0 Å². The highest BCUT2D eigenvalue weighted by molar-refractivity contribution is 5.37. The van der Waals surface area contributed by atoms with Gasteiger partial charge in [-0.2, -0.15) is 0 Å². The highest BCUT2D eigenvalue weighted by atomic mass is 16.1. The van der Waals surface area contributed by atoms with E-state index >= 15 is 0 Å². The molecule has 17 heavy (non-hydrogen) atoms. The van der Waals surface area contributed by atoms with Crippen molar-refractivity contribution in [2.75, 3.05) is 0 Å². The Morgan fingerprint density at radius 3 is 3.06 bits per heavy atom. The lowest BCUT2D eigenvalue weighted by Gasteiger charge is -2.10. The van der Waals surface area contributed by atoms with E-state index in [1.165, 1.54) is 0 Å². The molecule has 0 aliphatic rings. The molecule has 0 aliphatic carbocycles. The van der Waals surface area contributed by atoms with E-state index in [0.29, 0.717) is 18.2 Å². The molecule has 2 heterocycles. The number of nitrogens with zero attached hydrogens (tertiary/aromatic N) is 2. The van der Waals surface area contributed by atoms with E-state index in [4.69, 9.17) is 0 Å². The van der Waals surface area contributed by atoms with Crippen molar-refractivity contribution in [3.05, 3.63) is 46.5 Å². The van der Waals surface area contributed by atoms with Crippen molar-refractivity contribution in [1.29, 1.82) is 0 Å². The van der Waals surface area contributed by atoms with Gasteiger partial charge in [-0.1, -0.05) is 13.0 Å². The summed E-state index contributed by atoms with van der Waals surface area (Å²) in [6, 6.07) is 7.57. The topological polar surface area (TPSA) is 46.4 Å². The second-order valence-electron chi connectivity index (χ2n) is 4.20. The summed E-state index contributed by atoms with van der Waals surface area (Å²) in [6.45, 7) is 4.88. The molecule has 0 aromatic carbocycles. The van der Waals surface area contributed by atoms with Gasteiger partial charge in [-0.3, -0.25) is 9.20 Å². The van der Waals surface area contributed by atoms with Gasteiger partial charge in [0.1, 0.15) is 5.65 Å². The molecule has 2 aromatic rings. The van der Waals surface area contributed by atoms with Crippen LogP contribution in [0.15, 0.2) is 35.3 Å².